The third-order valence-corrected chi connectivity index (χ3v) is 4.12. The standard InChI is InChI=1S/C13H19N3O6S/c1-13(21-6-9(19)14-2)10(20)7(5-17)22-11(13)16-4-3-8(18)15-12(16)23/h3-4,7,10-11,17,20H,5-6H2,1-2H3,(H,14,19)(H,15,18,23)/t7-,10?,11-,13?/m1/s1. The molecule has 1 aliphatic rings. The molecule has 0 spiro atoms. The molecule has 2 unspecified atom stereocenters. The number of H-pyrrole nitrogens is 1. The number of likely N-dealkylation sites (N-methyl/N-ethyl adjacent to an activating group) is 1. The molecule has 128 valence electrons. The highest BCUT2D eigenvalue weighted by Gasteiger charge is 2.55. The van der Waals surface area contributed by atoms with E-state index in [1.54, 1.807) is 6.92 Å². The molecule has 0 bridgehead atoms. The van der Waals surface area contributed by atoms with Crippen LogP contribution >= 0.6 is 12.2 Å². The molecular weight excluding hydrogens is 326 g/mol. The van der Waals surface area contributed by atoms with Crippen LogP contribution < -0.4 is 10.9 Å². The predicted octanol–water partition coefficient (Wildman–Crippen LogP) is -1.32. The number of aromatic nitrogens is 2. The van der Waals surface area contributed by atoms with Crippen molar-refractivity contribution in [3.8, 4) is 0 Å². The summed E-state index contributed by atoms with van der Waals surface area (Å²) in [5, 5.41) is 22.2. The smallest absolute Gasteiger partial charge is 0.251 e. The second-order valence-corrected chi connectivity index (χ2v) is 5.70. The van der Waals surface area contributed by atoms with Crippen LogP contribution in [-0.4, -0.2) is 63.7 Å². The van der Waals surface area contributed by atoms with E-state index < -0.39 is 30.6 Å². The van der Waals surface area contributed by atoms with E-state index in [1.165, 1.54) is 23.9 Å². The summed E-state index contributed by atoms with van der Waals surface area (Å²) in [6.45, 7) is 0.805. The van der Waals surface area contributed by atoms with Gasteiger partial charge in [-0.15, -0.1) is 0 Å². The lowest BCUT2D eigenvalue weighted by Crippen LogP contribution is -2.48. The molecule has 4 atom stereocenters. The molecular formula is C13H19N3O6S. The molecule has 1 aliphatic heterocycles. The minimum absolute atomic E-state index is 0.0723. The SMILES string of the molecule is CNC(=O)COC1(C)C(O)[C@@H](CO)O[C@H]1n1ccc(=O)[nH]c1=S. The van der Waals surface area contributed by atoms with Crippen LogP contribution in [-0.2, 0) is 14.3 Å². The second kappa shape index (κ2) is 6.89. The van der Waals surface area contributed by atoms with Crippen LogP contribution in [0.3, 0.4) is 0 Å². The fourth-order valence-electron chi connectivity index (χ4n) is 2.44. The predicted molar refractivity (Wildman–Crippen MR) is 81.3 cm³/mol. The van der Waals surface area contributed by atoms with Gasteiger partial charge in [0.25, 0.3) is 5.56 Å². The fraction of sp³-hybridized carbons (Fsp3) is 0.615. The Morgan fingerprint density at radius 3 is 2.91 bits per heavy atom. The van der Waals surface area contributed by atoms with Crippen LogP contribution in [0, 0.1) is 4.77 Å². The van der Waals surface area contributed by atoms with E-state index in [0.29, 0.717) is 0 Å². The Bertz CT molecular complexity index is 689. The van der Waals surface area contributed by atoms with E-state index in [1.807, 2.05) is 0 Å². The van der Waals surface area contributed by atoms with Crippen molar-refractivity contribution in [1.82, 2.24) is 14.9 Å². The molecule has 1 saturated heterocycles. The number of ether oxygens (including phenoxy) is 2. The number of aliphatic hydroxyl groups is 2. The summed E-state index contributed by atoms with van der Waals surface area (Å²) in [5.41, 5.74) is -1.73. The van der Waals surface area contributed by atoms with Gasteiger partial charge in [0, 0.05) is 19.3 Å². The maximum Gasteiger partial charge on any atom is 0.251 e. The van der Waals surface area contributed by atoms with E-state index in [-0.39, 0.29) is 22.8 Å². The third kappa shape index (κ3) is 3.35. The lowest BCUT2D eigenvalue weighted by atomic mass is 9.96. The van der Waals surface area contributed by atoms with Crippen LogP contribution in [0.2, 0.25) is 0 Å². The summed E-state index contributed by atoms with van der Waals surface area (Å²) >= 11 is 5.10. The first-order valence-electron chi connectivity index (χ1n) is 6.94. The molecule has 9 nitrogen and oxygen atoms in total. The van der Waals surface area contributed by atoms with Gasteiger partial charge < -0.3 is 25.0 Å². The number of amides is 1. The Hall–Kier alpha value is -1.59. The van der Waals surface area contributed by atoms with Crippen molar-refractivity contribution in [1.29, 1.82) is 0 Å². The average molecular weight is 345 g/mol. The average Bonchev–Trinajstić information content (AvgIpc) is 2.77. The molecule has 1 aromatic heterocycles. The summed E-state index contributed by atoms with van der Waals surface area (Å²) in [4.78, 5) is 25.2. The monoisotopic (exact) mass is 345 g/mol. The van der Waals surface area contributed by atoms with Crippen LogP contribution in [0.1, 0.15) is 13.2 Å². The molecule has 10 heteroatoms. The summed E-state index contributed by atoms with van der Waals surface area (Å²) in [7, 11) is 1.46. The van der Waals surface area contributed by atoms with E-state index in [0.717, 1.165) is 0 Å². The fourth-order valence-corrected chi connectivity index (χ4v) is 2.69. The Labute approximate surface area is 136 Å². The maximum atomic E-state index is 11.4. The molecule has 1 fully saturated rings. The van der Waals surface area contributed by atoms with Crippen molar-refractivity contribution < 1.29 is 24.5 Å². The highest BCUT2D eigenvalue weighted by atomic mass is 32.1. The van der Waals surface area contributed by atoms with Gasteiger partial charge in [-0.2, -0.15) is 0 Å². The van der Waals surface area contributed by atoms with E-state index in [9.17, 15) is 19.8 Å². The van der Waals surface area contributed by atoms with Crippen LogP contribution in [0.15, 0.2) is 17.1 Å². The number of nitrogens with zero attached hydrogens (tertiary/aromatic N) is 1. The molecule has 0 aromatic carbocycles. The van der Waals surface area contributed by atoms with Crippen LogP contribution in [0.5, 0.6) is 0 Å². The van der Waals surface area contributed by atoms with Crippen molar-refractivity contribution in [2.45, 2.75) is 31.0 Å². The summed E-state index contributed by atoms with van der Waals surface area (Å²) in [5.74, 6) is -0.380. The molecule has 23 heavy (non-hydrogen) atoms. The molecule has 0 saturated carbocycles. The molecule has 2 rings (SSSR count). The summed E-state index contributed by atoms with van der Waals surface area (Å²) in [6, 6.07) is 1.25. The highest BCUT2D eigenvalue weighted by Crippen LogP contribution is 2.40. The number of aromatic amines is 1. The zero-order valence-electron chi connectivity index (χ0n) is 12.7. The first-order valence-corrected chi connectivity index (χ1v) is 7.34. The van der Waals surface area contributed by atoms with Gasteiger partial charge in [-0.25, -0.2) is 0 Å². The zero-order chi connectivity index (χ0) is 17.2. The van der Waals surface area contributed by atoms with Crippen molar-refractivity contribution in [3.63, 3.8) is 0 Å². The minimum Gasteiger partial charge on any atom is -0.394 e. The molecule has 2 heterocycles. The second-order valence-electron chi connectivity index (χ2n) is 5.32. The molecule has 4 N–H and O–H groups in total. The van der Waals surface area contributed by atoms with Gasteiger partial charge in [-0.05, 0) is 19.1 Å². The Morgan fingerprint density at radius 1 is 1.65 bits per heavy atom. The largest absolute Gasteiger partial charge is 0.394 e. The van der Waals surface area contributed by atoms with Crippen molar-refractivity contribution in [3.05, 3.63) is 27.4 Å². The number of aliphatic hydroxyl groups excluding tert-OH is 2. The van der Waals surface area contributed by atoms with E-state index in [2.05, 4.69) is 10.3 Å². The van der Waals surface area contributed by atoms with Crippen LogP contribution in [0.4, 0.5) is 0 Å². The molecule has 0 aliphatic carbocycles. The van der Waals surface area contributed by atoms with E-state index >= 15 is 0 Å². The Balaban J connectivity index is 2.39. The summed E-state index contributed by atoms with van der Waals surface area (Å²) in [6.07, 6.45) is -1.64. The highest BCUT2D eigenvalue weighted by molar-refractivity contribution is 7.71. The lowest BCUT2D eigenvalue weighted by Gasteiger charge is -2.33. The van der Waals surface area contributed by atoms with Gasteiger partial charge in [0.1, 0.15) is 24.4 Å². The number of hydrogen-bond acceptors (Lipinski definition) is 7. The van der Waals surface area contributed by atoms with E-state index in [4.69, 9.17) is 21.7 Å². The third-order valence-electron chi connectivity index (χ3n) is 3.81. The molecule has 0 radical (unpaired) electrons. The first kappa shape index (κ1) is 17.8. The van der Waals surface area contributed by atoms with Crippen molar-refractivity contribution in [2.75, 3.05) is 20.3 Å². The van der Waals surface area contributed by atoms with Gasteiger partial charge in [-0.3, -0.25) is 19.1 Å². The number of hydrogen-bond donors (Lipinski definition) is 4. The van der Waals surface area contributed by atoms with Crippen molar-refractivity contribution >= 4 is 18.1 Å². The topological polar surface area (TPSA) is 126 Å². The minimum atomic E-state index is -1.35. The summed E-state index contributed by atoms with van der Waals surface area (Å²) < 4.78 is 12.7. The molecule has 1 aromatic rings. The molecule has 1 amide bonds. The van der Waals surface area contributed by atoms with Crippen molar-refractivity contribution in [2.24, 2.45) is 0 Å². The number of carbonyl (C=O) groups excluding carboxylic acids is 1. The number of nitrogens with one attached hydrogen (secondary N) is 2. The number of carbonyl (C=O) groups is 1. The van der Waals surface area contributed by atoms with Gasteiger partial charge in [-0.1, -0.05) is 0 Å². The maximum absolute atomic E-state index is 11.4. The van der Waals surface area contributed by atoms with Gasteiger partial charge in [0.05, 0.1) is 6.61 Å². The lowest BCUT2D eigenvalue weighted by molar-refractivity contribution is -0.155. The van der Waals surface area contributed by atoms with Crippen LogP contribution in [0.25, 0.3) is 0 Å². The number of rotatable bonds is 5. The normalized spacial score (nSPS) is 30.3. The Kier molecular flexibility index (Phi) is 5.32. The quantitative estimate of drug-likeness (QED) is 0.488. The Morgan fingerprint density at radius 2 is 2.35 bits per heavy atom. The van der Waals surface area contributed by atoms with Gasteiger partial charge >= 0.3 is 0 Å². The zero-order valence-corrected chi connectivity index (χ0v) is 13.5. The van der Waals surface area contributed by atoms with Gasteiger partial charge in [0.15, 0.2) is 11.0 Å². The van der Waals surface area contributed by atoms with Gasteiger partial charge in [0.2, 0.25) is 5.91 Å². The first-order chi connectivity index (χ1) is 10.8.